The summed E-state index contributed by atoms with van der Waals surface area (Å²) in [7, 11) is -2.24. The van der Waals surface area contributed by atoms with Crippen molar-refractivity contribution in [1.82, 2.24) is 25.1 Å². The minimum Gasteiger partial charge on any atom is -0.462 e. The van der Waals surface area contributed by atoms with Gasteiger partial charge in [0.1, 0.15) is 24.3 Å². The number of nitrogens with zero attached hydrogens (tertiary/aromatic N) is 3. The molecule has 16 heteroatoms. The van der Waals surface area contributed by atoms with Gasteiger partial charge in [-0.05, 0) is 134 Å². The highest BCUT2D eigenvalue weighted by atomic mass is 32.1. The number of carbonyl (C=O) groups excluding carboxylic acids is 4. The number of likely N-dealkylation sites (tertiary alicyclic amines) is 1. The van der Waals surface area contributed by atoms with Crippen molar-refractivity contribution in [2.24, 2.45) is 0 Å². The van der Waals surface area contributed by atoms with Crippen molar-refractivity contribution in [2.45, 2.75) is 158 Å². The van der Waals surface area contributed by atoms with Crippen LogP contribution in [0.15, 0.2) is 54.6 Å². The minimum absolute atomic E-state index is 0.00731. The Morgan fingerprint density at radius 2 is 1.74 bits per heavy atom. The molecule has 8 rings (SSSR count). The number of alkyl halides is 2. The van der Waals surface area contributed by atoms with Gasteiger partial charge in [-0.25, -0.2) is 13.9 Å². The van der Waals surface area contributed by atoms with E-state index in [4.69, 9.17) is 9.26 Å². The number of amides is 3. The van der Waals surface area contributed by atoms with E-state index in [2.05, 4.69) is 32.3 Å². The Morgan fingerprint density at radius 3 is 2.42 bits per heavy atom. The minimum atomic E-state index is -4.27. The molecule has 0 unspecified atom stereocenters. The van der Waals surface area contributed by atoms with E-state index in [1.54, 1.807) is 37.8 Å². The van der Waals surface area contributed by atoms with Crippen LogP contribution in [0.2, 0.25) is 0 Å². The number of hydrogen-bond donors (Lipinski definition) is 2. The molecule has 2 aliphatic carbocycles. The number of nitrogens with one attached hydrogen (secondary N) is 2. The molecule has 3 aliphatic heterocycles. The third-order valence-electron chi connectivity index (χ3n) is 13.9. The van der Waals surface area contributed by atoms with Gasteiger partial charge < -0.3 is 29.3 Å². The van der Waals surface area contributed by atoms with Crippen molar-refractivity contribution in [1.29, 1.82) is 0 Å². The zero-order valence-electron chi connectivity index (χ0n) is 36.3. The van der Waals surface area contributed by atoms with E-state index >= 15 is 4.39 Å². The molecule has 3 saturated heterocycles. The highest BCUT2D eigenvalue weighted by Gasteiger charge is 2.59. The third-order valence-corrected chi connectivity index (χ3v) is 17.3. The lowest BCUT2D eigenvalue weighted by Crippen LogP contribution is -2.59. The Morgan fingerprint density at radius 1 is 1.00 bits per heavy atom. The van der Waals surface area contributed by atoms with Gasteiger partial charge in [0.05, 0.1) is 17.6 Å². The van der Waals surface area contributed by atoms with Gasteiger partial charge in [0.2, 0.25) is 17.7 Å². The maximum atomic E-state index is 16.2. The summed E-state index contributed by atoms with van der Waals surface area (Å²) in [6.07, 6.45) is 5.41. The van der Waals surface area contributed by atoms with Crippen molar-refractivity contribution in [3.8, 4) is 0 Å². The fourth-order valence-corrected chi connectivity index (χ4v) is 13.2. The molecule has 0 bridgehead atoms. The molecular weight excluding hydrogens is 836 g/mol. The number of fused-ring (bicyclic) bond motifs is 2. The summed E-state index contributed by atoms with van der Waals surface area (Å²) in [6, 6.07) is 13.9. The zero-order chi connectivity index (χ0) is 44.1. The van der Waals surface area contributed by atoms with Crippen LogP contribution in [0.1, 0.15) is 125 Å². The van der Waals surface area contributed by atoms with Crippen molar-refractivity contribution < 1.29 is 41.8 Å². The molecule has 12 nitrogen and oxygen atoms in total. The van der Waals surface area contributed by atoms with Crippen LogP contribution in [0, 0.1) is 0 Å². The molecule has 1 aromatic heterocycles. The van der Waals surface area contributed by atoms with Crippen LogP contribution in [-0.4, -0.2) is 113 Å². The molecule has 336 valence electrons. The van der Waals surface area contributed by atoms with Crippen molar-refractivity contribution in [2.75, 3.05) is 20.2 Å². The summed E-state index contributed by atoms with van der Waals surface area (Å²) in [6.45, 7) is 6.92. The molecular formula is C46H60F2N5O7PS. The first kappa shape index (κ1) is 44.8. The summed E-state index contributed by atoms with van der Waals surface area (Å²) in [5.41, 5.74) is 1.09. The first-order valence-electron chi connectivity index (χ1n) is 22.3. The second-order valence-electron chi connectivity index (χ2n) is 18.5. The average Bonchev–Trinajstić information content (AvgIpc) is 3.52. The monoisotopic (exact) mass is 895 g/mol. The number of rotatable bonds is 14. The number of hydrogen-bond acceptors (Lipinski definition) is 9. The summed E-state index contributed by atoms with van der Waals surface area (Å²) in [5, 5.41) is 6.13. The van der Waals surface area contributed by atoms with E-state index in [-0.39, 0.29) is 53.6 Å². The fraction of sp³-hybridized carbons (Fsp3) is 0.609. The van der Waals surface area contributed by atoms with Crippen molar-refractivity contribution in [3.63, 3.8) is 0 Å². The molecule has 2 aromatic carbocycles. The third kappa shape index (κ3) is 8.98. The molecule has 3 amide bonds. The summed E-state index contributed by atoms with van der Waals surface area (Å²) in [4.78, 5) is 62.7. The predicted molar refractivity (Wildman–Crippen MR) is 234 cm³/mol. The van der Waals surface area contributed by atoms with Crippen LogP contribution in [0.5, 0.6) is 0 Å². The van der Waals surface area contributed by atoms with Crippen molar-refractivity contribution >= 4 is 52.6 Å². The predicted octanol–water partition coefficient (Wildman–Crippen LogP) is 8.02. The summed E-state index contributed by atoms with van der Waals surface area (Å²) < 4.78 is 55.5. The molecule has 5 fully saturated rings. The largest absolute Gasteiger partial charge is 0.462 e. The lowest BCUT2D eigenvalue weighted by Gasteiger charge is -2.45. The second kappa shape index (κ2) is 18.0. The van der Waals surface area contributed by atoms with Crippen LogP contribution >= 0.6 is 18.9 Å². The lowest BCUT2D eigenvalue weighted by atomic mass is 9.86. The van der Waals surface area contributed by atoms with E-state index in [9.17, 15) is 28.1 Å². The van der Waals surface area contributed by atoms with Gasteiger partial charge in [-0.15, -0.1) is 11.3 Å². The second-order valence-corrected chi connectivity index (χ2v) is 21.7. The molecule has 1 spiro atoms. The molecule has 8 atom stereocenters. The summed E-state index contributed by atoms with van der Waals surface area (Å²) in [5.74, 6) is -3.31. The van der Waals surface area contributed by atoms with Gasteiger partial charge in [-0.2, -0.15) is 0 Å². The molecule has 2 N–H and O–H groups in total. The molecule has 62 heavy (non-hydrogen) atoms. The van der Waals surface area contributed by atoms with E-state index in [0.29, 0.717) is 66.5 Å². The van der Waals surface area contributed by atoms with Crippen LogP contribution in [0.3, 0.4) is 0 Å². The van der Waals surface area contributed by atoms with Crippen LogP contribution in [0.25, 0.3) is 10.1 Å². The molecule has 0 radical (unpaired) electrons. The van der Waals surface area contributed by atoms with E-state index < -0.39 is 55.7 Å². The number of benzene rings is 2. The first-order chi connectivity index (χ1) is 29.6. The standard InChI is InChI=1S/C46H60F2N5O7PS/c1-6-59-61(58,50-28(4)45(57)60-27(2)3)41(48)30-12-17-39-31(20-30)21-40(62-39)42(54)49-37-15-13-34(51(5)36-22-33(47)23-36)24-35-14-16-38(53(35)43(37)55)44(56)52-26-32(25-46(52)18-19-46)29-10-8-7-9-11-29/h7-12,17,20-21,27-28,32-38,41H,6,13-16,18-19,22-26H2,1-5H3,(H,49,54)(H,50,58)/t28-,32+,33?,34-,35+,36?,37-,38-,41+,61-/m0/s1. The number of carbonyl (C=O) groups is 4. The van der Waals surface area contributed by atoms with E-state index in [0.717, 1.165) is 19.3 Å². The Balaban J connectivity index is 1.02. The summed E-state index contributed by atoms with van der Waals surface area (Å²) >= 11 is 1.19. The smallest absolute Gasteiger partial charge is 0.323 e. The van der Waals surface area contributed by atoms with Crippen LogP contribution < -0.4 is 10.4 Å². The van der Waals surface area contributed by atoms with Gasteiger partial charge in [0.15, 0.2) is 0 Å². The lowest BCUT2D eigenvalue weighted by molar-refractivity contribution is -0.149. The van der Waals surface area contributed by atoms with E-state index in [1.807, 2.05) is 25.2 Å². The highest BCUT2D eigenvalue weighted by Crippen LogP contribution is 2.58. The first-order valence-corrected chi connectivity index (χ1v) is 24.9. The van der Waals surface area contributed by atoms with Crippen LogP contribution in [0.4, 0.5) is 8.78 Å². The van der Waals surface area contributed by atoms with Gasteiger partial charge in [0, 0.05) is 40.8 Å². The number of thiophene rings is 1. The molecule has 5 aliphatic rings. The Hall–Kier alpha value is -3.75. The fourth-order valence-electron chi connectivity index (χ4n) is 10.3. The van der Waals surface area contributed by atoms with Gasteiger partial charge >= 0.3 is 13.5 Å². The van der Waals surface area contributed by atoms with Crippen molar-refractivity contribution in [3.05, 3.63) is 70.6 Å². The normalized spacial score (nSPS) is 28.9. The SMILES string of the molecule is CCO[P@](=O)(N[C@@H](C)C(=O)OC(C)C)[C@@H](F)c1ccc2sc(C(=O)N[C@H]3CC[C@H](N(C)C4CC(F)C4)C[C@H]4CC[C@@H](C(=O)N5C[C@H](c6ccccc6)CC56CC6)N4C3=O)cc2c1. The molecule has 3 aromatic rings. The number of halogens is 2. The van der Waals surface area contributed by atoms with Gasteiger partial charge in [-0.3, -0.25) is 23.7 Å². The number of esters is 1. The molecule has 4 heterocycles. The topological polar surface area (TPSA) is 138 Å². The average molecular weight is 896 g/mol. The maximum absolute atomic E-state index is 16.2. The number of ether oxygens (including phenoxy) is 1. The van der Waals surface area contributed by atoms with Crippen LogP contribution in [-0.2, 0) is 28.2 Å². The van der Waals surface area contributed by atoms with Gasteiger partial charge in [0.25, 0.3) is 5.91 Å². The Kier molecular flexibility index (Phi) is 13.0. The van der Waals surface area contributed by atoms with E-state index in [1.165, 1.54) is 36.0 Å². The van der Waals surface area contributed by atoms with Gasteiger partial charge in [-0.1, -0.05) is 36.4 Å². The zero-order valence-corrected chi connectivity index (χ0v) is 38.0. The maximum Gasteiger partial charge on any atom is 0.323 e. The molecule has 2 saturated carbocycles. The quantitative estimate of drug-likeness (QED) is 0.122. The Bertz CT molecular complexity index is 2200. The highest BCUT2D eigenvalue weighted by molar-refractivity contribution is 7.57. The Labute approximate surface area is 366 Å².